The lowest BCUT2D eigenvalue weighted by Gasteiger charge is -2.33. The van der Waals surface area contributed by atoms with Crippen LogP contribution in [0, 0.1) is 0 Å². The molecule has 0 spiro atoms. The first-order chi connectivity index (χ1) is 6.92. The Morgan fingerprint density at radius 1 is 1.47 bits per heavy atom. The molecule has 4 heteroatoms. The van der Waals surface area contributed by atoms with Crippen molar-refractivity contribution in [2.24, 2.45) is 0 Å². The topological polar surface area (TPSA) is 52.5 Å². The van der Waals surface area contributed by atoms with Gasteiger partial charge in [0.25, 0.3) is 0 Å². The van der Waals surface area contributed by atoms with E-state index < -0.39 is 5.79 Å². The van der Waals surface area contributed by atoms with Crippen LogP contribution >= 0.6 is 11.6 Å². The minimum atomic E-state index is -1.49. The van der Waals surface area contributed by atoms with Gasteiger partial charge in [0.05, 0.1) is 0 Å². The van der Waals surface area contributed by atoms with Crippen molar-refractivity contribution in [1.82, 2.24) is 0 Å². The van der Waals surface area contributed by atoms with Crippen LogP contribution in [0.1, 0.15) is 19.4 Å². The highest BCUT2D eigenvalue weighted by Crippen LogP contribution is 2.25. The largest absolute Gasteiger partial charge is 0.819 e. The summed E-state index contributed by atoms with van der Waals surface area (Å²) in [6.45, 7) is 2.87. The summed E-state index contributed by atoms with van der Waals surface area (Å²) in [5.74, 6) is -1.01. The number of halogens is 1. The summed E-state index contributed by atoms with van der Waals surface area (Å²) in [6, 6.07) is 5.00. The molecule has 0 aliphatic carbocycles. The van der Waals surface area contributed by atoms with Crippen LogP contribution in [0.2, 0.25) is 5.02 Å². The predicted octanol–water partition coefficient (Wildman–Crippen LogP) is 1.35. The van der Waals surface area contributed by atoms with Crippen LogP contribution in [0.4, 0.5) is 0 Å². The van der Waals surface area contributed by atoms with Gasteiger partial charge < -0.3 is 14.9 Å². The molecule has 0 aliphatic rings. The van der Waals surface area contributed by atoms with E-state index in [0.717, 1.165) is 5.56 Å². The normalized spacial score (nSPS) is 11.5. The second-order valence-corrected chi connectivity index (χ2v) is 4.16. The third-order valence-electron chi connectivity index (χ3n) is 1.76. The molecule has 0 aliphatic heterocycles. The summed E-state index contributed by atoms with van der Waals surface area (Å²) in [7, 11) is 0. The lowest BCUT2D eigenvalue weighted by atomic mass is 10.1. The summed E-state index contributed by atoms with van der Waals surface area (Å²) >= 11 is 5.81. The lowest BCUT2D eigenvalue weighted by Crippen LogP contribution is -2.43. The van der Waals surface area contributed by atoms with Crippen LogP contribution in [0.3, 0.4) is 0 Å². The van der Waals surface area contributed by atoms with Gasteiger partial charge in [-0.15, -0.1) is 0 Å². The van der Waals surface area contributed by atoms with Gasteiger partial charge in [-0.05, 0) is 44.0 Å². The minimum absolute atomic E-state index is 0.00398. The van der Waals surface area contributed by atoms with Crippen molar-refractivity contribution in [3.63, 3.8) is 0 Å². The molecular weight excluding hydrogens is 216 g/mol. The zero-order valence-corrected chi connectivity index (χ0v) is 9.54. The van der Waals surface area contributed by atoms with Crippen molar-refractivity contribution in [3.05, 3.63) is 28.8 Å². The Balaban J connectivity index is 2.95. The third-order valence-corrected chi connectivity index (χ3v) is 1.99. The summed E-state index contributed by atoms with van der Waals surface area (Å²) in [6.07, 6.45) is 0.423. The van der Waals surface area contributed by atoms with Crippen LogP contribution in [0.15, 0.2) is 18.2 Å². The van der Waals surface area contributed by atoms with Gasteiger partial charge in [0.1, 0.15) is 5.75 Å². The summed E-state index contributed by atoms with van der Waals surface area (Å²) < 4.78 is 5.22. The molecule has 0 fully saturated rings. The molecule has 0 saturated heterocycles. The van der Waals surface area contributed by atoms with E-state index in [1.54, 1.807) is 18.2 Å². The summed E-state index contributed by atoms with van der Waals surface area (Å²) in [5, 5.41) is 20.8. The Bertz CT molecular complexity index is 331. The maximum absolute atomic E-state index is 11.4. The van der Waals surface area contributed by atoms with Gasteiger partial charge in [0.2, 0.25) is 0 Å². The fraction of sp³-hybridized carbons (Fsp3) is 0.455. The van der Waals surface area contributed by atoms with Gasteiger partial charge in [0.15, 0.2) is 0 Å². The molecular formula is C11H14ClO3-. The van der Waals surface area contributed by atoms with Crippen molar-refractivity contribution >= 4 is 11.6 Å². The molecule has 1 rings (SSSR count). The number of rotatable bonds is 4. The maximum Gasteiger partial charge on any atom is 0.121 e. The Kier molecular flexibility index (Phi) is 3.97. The van der Waals surface area contributed by atoms with E-state index in [1.807, 2.05) is 0 Å². The van der Waals surface area contributed by atoms with E-state index in [9.17, 15) is 5.11 Å². The van der Waals surface area contributed by atoms with E-state index in [2.05, 4.69) is 0 Å². The van der Waals surface area contributed by atoms with Crippen LogP contribution in [-0.2, 0) is 6.42 Å². The van der Waals surface area contributed by atoms with Crippen LogP contribution in [-0.4, -0.2) is 17.5 Å². The lowest BCUT2D eigenvalue weighted by molar-refractivity contribution is -0.523. The smallest absolute Gasteiger partial charge is 0.121 e. The van der Waals surface area contributed by atoms with Crippen LogP contribution in [0.5, 0.6) is 5.75 Å². The van der Waals surface area contributed by atoms with E-state index in [-0.39, 0.29) is 6.61 Å². The average molecular weight is 230 g/mol. The SMILES string of the molecule is CC(C)([O-])Oc1ccc(Cl)cc1CCO. The quantitative estimate of drug-likeness (QED) is 0.793. The van der Waals surface area contributed by atoms with Crippen molar-refractivity contribution in [3.8, 4) is 5.75 Å². The molecule has 84 valence electrons. The molecule has 0 bridgehead atoms. The molecule has 0 saturated carbocycles. The number of aliphatic hydroxyl groups is 1. The first-order valence-electron chi connectivity index (χ1n) is 4.71. The highest BCUT2D eigenvalue weighted by Gasteiger charge is 2.09. The van der Waals surface area contributed by atoms with Gasteiger partial charge in [0, 0.05) is 17.4 Å². The molecule has 1 N–H and O–H groups in total. The highest BCUT2D eigenvalue weighted by molar-refractivity contribution is 6.30. The van der Waals surface area contributed by atoms with Gasteiger partial charge in [-0.25, -0.2) is 0 Å². The molecule has 0 unspecified atom stereocenters. The maximum atomic E-state index is 11.4. The number of hydrogen-bond acceptors (Lipinski definition) is 3. The summed E-state index contributed by atoms with van der Waals surface area (Å²) in [4.78, 5) is 0. The molecule has 0 radical (unpaired) electrons. The summed E-state index contributed by atoms with van der Waals surface area (Å²) in [5.41, 5.74) is 0.744. The first kappa shape index (κ1) is 12.3. The molecule has 0 amide bonds. The number of benzene rings is 1. The van der Waals surface area contributed by atoms with E-state index >= 15 is 0 Å². The molecule has 3 nitrogen and oxygen atoms in total. The zero-order valence-electron chi connectivity index (χ0n) is 8.79. The first-order valence-corrected chi connectivity index (χ1v) is 5.09. The molecule has 1 aromatic rings. The van der Waals surface area contributed by atoms with E-state index in [0.29, 0.717) is 17.2 Å². The van der Waals surface area contributed by atoms with Crippen LogP contribution in [0.25, 0.3) is 0 Å². The number of ether oxygens (including phenoxy) is 1. The third kappa shape index (κ3) is 4.08. The van der Waals surface area contributed by atoms with Crippen molar-refractivity contribution < 1.29 is 14.9 Å². The highest BCUT2D eigenvalue weighted by atomic mass is 35.5. The standard InChI is InChI=1S/C11H14ClO3/c1-11(2,14)15-10-4-3-9(12)7-8(10)5-6-13/h3-4,7,13H,5-6H2,1-2H3/q-1. The second-order valence-electron chi connectivity index (χ2n) is 3.73. The Hall–Kier alpha value is -0.770. The Labute approximate surface area is 94.3 Å². The zero-order chi connectivity index (χ0) is 11.5. The van der Waals surface area contributed by atoms with E-state index in [1.165, 1.54) is 13.8 Å². The second kappa shape index (κ2) is 4.84. The van der Waals surface area contributed by atoms with Crippen LogP contribution < -0.4 is 9.84 Å². The van der Waals surface area contributed by atoms with Gasteiger partial charge in [-0.3, -0.25) is 0 Å². The van der Waals surface area contributed by atoms with Crippen molar-refractivity contribution in [2.45, 2.75) is 26.1 Å². The van der Waals surface area contributed by atoms with Crippen molar-refractivity contribution in [2.75, 3.05) is 6.61 Å². The number of aliphatic hydroxyl groups excluding tert-OH is 1. The minimum Gasteiger partial charge on any atom is -0.819 e. The Morgan fingerprint density at radius 2 is 2.13 bits per heavy atom. The van der Waals surface area contributed by atoms with Gasteiger partial charge in [-0.1, -0.05) is 11.6 Å². The molecule has 15 heavy (non-hydrogen) atoms. The molecule has 1 aromatic carbocycles. The molecule has 0 heterocycles. The van der Waals surface area contributed by atoms with E-state index in [4.69, 9.17) is 21.4 Å². The Morgan fingerprint density at radius 3 is 2.67 bits per heavy atom. The fourth-order valence-electron chi connectivity index (χ4n) is 1.23. The predicted molar refractivity (Wildman–Crippen MR) is 56.9 cm³/mol. The molecule has 0 atom stereocenters. The fourth-order valence-corrected chi connectivity index (χ4v) is 1.42. The number of hydrogen-bond donors (Lipinski definition) is 1. The van der Waals surface area contributed by atoms with Gasteiger partial charge in [-0.2, -0.15) is 0 Å². The monoisotopic (exact) mass is 229 g/mol. The van der Waals surface area contributed by atoms with Crippen molar-refractivity contribution in [1.29, 1.82) is 0 Å². The van der Waals surface area contributed by atoms with Gasteiger partial charge >= 0.3 is 0 Å². The molecule has 0 aromatic heterocycles. The average Bonchev–Trinajstić information content (AvgIpc) is 2.08.